The van der Waals surface area contributed by atoms with Gasteiger partial charge in [0.25, 0.3) is 0 Å². The third-order valence-electron chi connectivity index (χ3n) is 3.27. The van der Waals surface area contributed by atoms with Crippen molar-refractivity contribution in [2.24, 2.45) is 0 Å². The van der Waals surface area contributed by atoms with E-state index in [9.17, 15) is 9.90 Å². The monoisotopic (exact) mass is 222 g/mol. The van der Waals surface area contributed by atoms with Gasteiger partial charge in [-0.2, -0.15) is 0 Å². The molecule has 1 heterocycles. The Morgan fingerprint density at radius 1 is 1.25 bits per heavy atom. The van der Waals surface area contributed by atoms with Crippen LogP contribution in [0.1, 0.15) is 22.3 Å². The lowest BCUT2D eigenvalue weighted by molar-refractivity contribution is -0.144. The average molecular weight is 222 g/mol. The number of carbonyl (C=O) groups is 1. The summed E-state index contributed by atoms with van der Waals surface area (Å²) in [7, 11) is 0. The van der Waals surface area contributed by atoms with E-state index in [2.05, 4.69) is 0 Å². The molecule has 86 valence electrons. The zero-order chi connectivity index (χ0) is 12.0. The highest BCUT2D eigenvalue weighted by Crippen LogP contribution is 2.41. The number of hydrogen-bond donors (Lipinski definition) is 2. The van der Waals surface area contributed by atoms with E-state index in [1.807, 2.05) is 6.92 Å². The Morgan fingerprint density at radius 2 is 1.88 bits per heavy atom. The van der Waals surface area contributed by atoms with E-state index in [0.717, 1.165) is 22.3 Å². The van der Waals surface area contributed by atoms with Crippen LogP contribution in [-0.4, -0.2) is 22.3 Å². The van der Waals surface area contributed by atoms with Crippen molar-refractivity contribution < 1.29 is 19.7 Å². The molecule has 1 aromatic carbocycles. The van der Waals surface area contributed by atoms with Crippen LogP contribution in [0, 0.1) is 20.8 Å². The van der Waals surface area contributed by atoms with Gasteiger partial charge < -0.3 is 14.9 Å². The Morgan fingerprint density at radius 3 is 2.44 bits per heavy atom. The van der Waals surface area contributed by atoms with Gasteiger partial charge in [-0.1, -0.05) is 0 Å². The molecule has 1 aliphatic heterocycles. The minimum absolute atomic E-state index is 0.242. The van der Waals surface area contributed by atoms with Crippen LogP contribution in [0.15, 0.2) is 0 Å². The number of hydrogen-bond acceptors (Lipinski definition) is 3. The molecule has 0 radical (unpaired) electrons. The van der Waals surface area contributed by atoms with Crippen LogP contribution >= 0.6 is 0 Å². The Kier molecular flexibility index (Phi) is 2.30. The van der Waals surface area contributed by atoms with Gasteiger partial charge in [-0.3, -0.25) is 0 Å². The highest BCUT2D eigenvalue weighted by atomic mass is 16.5. The molecule has 0 amide bonds. The first kappa shape index (κ1) is 10.8. The number of aromatic hydroxyl groups is 1. The maximum atomic E-state index is 10.9. The first-order chi connectivity index (χ1) is 7.43. The smallest absolute Gasteiger partial charge is 0.345 e. The van der Waals surface area contributed by atoms with Gasteiger partial charge in [0.1, 0.15) is 11.5 Å². The Labute approximate surface area is 93.5 Å². The van der Waals surface area contributed by atoms with E-state index >= 15 is 0 Å². The zero-order valence-corrected chi connectivity index (χ0v) is 9.50. The van der Waals surface area contributed by atoms with Gasteiger partial charge in [-0.05, 0) is 37.5 Å². The van der Waals surface area contributed by atoms with Crippen molar-refractivity contribution in [2.75, 3.05) is 0 Å². The maximum absolute atomic E-state index is 10.9. The first-order valence-corrected chi connectivity index (χ1v) is 5.14. The van der Waals surface area contributed by atoms with Crippen molar-refractivity contribution in [1.82, 2.24) is 0 Å². The quantitative estimate of drug-likeness (QED) is 0.759. The van der Waals surface area contributed by atoms with Crippen LogP contribution in [-0.2, 0) is 11.2 Å². The standard InChI is InChI=1S/C12H14O4/c1-5-6(2)11-8(7(3)10(5)13)4-9(16-11)12(14)15/h9,13H,4H2,1-3H3,(H,14,15)/t9-/m0/s1. The number of phenols is 1. The summed E-state index contributed by atoms with van der Waals surface area (Å²) in [6.07, 6.45) is -0.501. The second-order valence-corrected chi connectivity index (χ2v) is 4.18. The fraction of sp³-hybridized carbons (Fsp3) is 0.417. The van der Waals surface area contributed by atoms with Gasteiger partial charge in [-0.15, -0.1) is 0 Å². The van der Waals surface area contributed by atoms with E-state index in [4.69, 9.17) is 9.84 Å². The number of carboxylic acids is 1. The predicted molar refractivity (Wildman–Crippen MR) is 58.1 cm³/mol. The molecule has 0 fully saturated rings. The molecule has 1 atom stereocenters. The molecule has 16 heavy (non-hydrogen) atoms. The number of phenolic OH excluding ortho intramolecular Hbond substituents is 1. The highest BCUT2D eigenvalue weighted by molar-refractivity contribution is 5.76. The Hall–Kier alpha value is -1.71. The topological polar surface area (TPSA) is 66.8 Å². The molecule has 2 rings (SSSR count). The van der Waals surface area contributed by atoms with Crippen molar-refractivity contribution in [1.29, 1.82) is 0 Å². The SMILES string of the molecule is Cc1c(C)c2c(c(C)c1O)C[C@@H](C(=O)O)O2. The molecule has 1 aromatic rings. The molecule has 0 bridgehead atoms. The van der Waals surface area contributed by atoms with Gasteiger partial charge in [0, 0.05) is 12.0 Å². The van der Waals surface area contributed by atoms with Crippen LogP contribution in [0.2, 0.25) is 0 Å². The van der Waals surface area contributed by atoms with Crippen molar-refractivity contribution in [3.05, 3.63) is 22.3 Å². The summed E-state index contributed by atoms with van der Waals surface area (Å²) in [5.74, 6) is -0.0989. The molecule has 0 saturated heterocycles. The summed E-state index contributed by atoms with van der Waals surface area (Å²) >= 11 is 0. The predicted octanol–water partition coefficient (Wildman–Crippen LogP) is 1.71. The van der Waals surface area contributed by atoms with Crippen molar-refractivity contribution in [3.8, 4) is 11.5 Å². The summed E-state index contributed by atoms with van der Waals surface area (Å²) in [5.41, 5.74) is 3.11. The molecule has 0 spiro atoms. The lowest BCUT2D eigenvalue weighted by atomic mass is 9.96. The minimum atomic E-state index is -0.966. The molecule has 0 unspecified atom stereocenters. The minimum Gasteiger partial charge on any atom is -0.507 e. The van der Waals surface area contributed by atoms with Gasteiger partial charge >= 0.3 is 5.97 Å². The number of fused-ring (bicyclic) bond motifs is 1. The number of carboxylic acid groups (broad SMARTS) is 1. The largest absolute Gasteiger partial charge is 0.507 e. The number of aliphatic carboxylic acids is 1. The van der Waals surface area contributed by atoms with E-state index in [1.54, 1.807) is 13.8 Å². The normalized spacial score (nSPS) is 18.1. The molecule has 0 saturated carbocycles. The summed E-state index contributed by atoms with van der Waals surface area (Å²) in [6.45, 7) is 5.42. The fourth-order valence-corrected chi connectivity index (χ4v) is 2.08. The van der Waals surface area contributed by atoms with Gasteiger partial charge in [0.15, 0.2) is 6.10 Å². The molecule has 4 nitrogen and oxygen atoms in total. The van der Waals surface area contributed by atoms with Crippen LogP contribution in [0.25, 0.3) is 0 Å². The van der Waals surface area contributed by atoms with E-state index < -0.39 is 12.1 Å². The molecule has 2 N–H and O–H groups in total. The second-order valence-electron chi connectivity index (χ2n) is 4.18. The van der Waals surface area contributed by atoms with Crippen molar-refractivity contribution >= 4 is 5.97 Å². The second kappa shape index (κ2) is 3.40. The lowest BCUT2D eigenvalue weighted by Gasteiger charge is -2.12. The van der Waals surface area contributed by atoms with Crippen LogP contribution in [0.5, 0.6) is 11.5 Å². The zero-order valence-electron chi connectivity index (χ0n) is 9.50. The third kappa shape index (κ3) is 1.33. The first-order valence-electron chi connectivity index (χ1n) is 5.14. The molecule has 0 aliphatic carbocycles. The van der Waals surface area contributed by atoms with Crippen LogP contribution in [0.3, 0.4) is 0 Å². The maximum Gasteiger partial charge on any atom is 0.345 e. The van der Waals surface area contributed by atoms with Crippen molar-refractivity contribution in [3.63, 3.8) is 0 Å². The summed E-state index contributed by atoms with van der Waals surface area (Å²) in [6, 6.07) is 0. The van der Waals surface area contributed by atoms with E-state index in [1.165, 1.54) is 0 Å². The number of benzene rings is 1. The van der Waals surface area contributed by atoms with Gasteiger partial charge in [-0.25, -0.2) is 4.79 Å². The lowest BCUT2D eigenvalue weighted by Crippen LogP contribution is -2.24. The average Bonchev–Trinajstić information content (AvgIpc) is 2.68. The molecular weight excluding hydrogens is 208 g/mol. The highest BCUT2D eigenvalue weighted by Gasteiger charge is 2.33. The Balaban J connectivity index is 2.57. The molecule has 4 heteroatoms. The molecule has 0 aromatic heterocycles. The fourth-order valence-electron chi connectivity index (χ4n) is 2.08. The molecular formula is C12H14O4. The van der Waals surface area contributed by atoms with Crippen LogP contribution in [0.4, 0.5) is 0 Å². The summed E-state index contributed by atoms with van der Waals surface area (Å²) in [4.78, 5) is 10.9. The number of ether oxygens (including phenoxy) is 1. The van der Waals surface area contributed by atoms with Crippen molar-refractivity contribution in [2.45, 2.75) is 33.3 Å². The van der Waals surface area contributed by atoms with Gasteiger partial charge in [0.05, 0.1) is 0 Å². The van der Waals surface area contributed by atoms with E-state index in [-0.39, 0.29) is 5.75 Å². The third-order valence-corrected chi connectivity index (χ3v) is 3.27. The molecule has 1 aliphatic rings. The van der Waals surface area contributed by atoms with Crippen LogP contribution < -0.4 is 4.74 Å². The van der Waals surface area contributed by atoms with E-state index in [0.29, 0.717) is 12.2 Å². The number of rotatable bonds is 1. The Bertz CT molecular complexity index is 440. The van der Waals surface area contributed by atoms with Gasteiger partial charge in [0.2, 0.25) is 0 Å². The summed E-state index contributed by atoms with van der Waals surface area (Å²) in [5, 5.41) is 18.8. The summed E-state index contributed by atoms with van der Waals surface area (Å²) < 4.78 is 5.41.